The summed E-state index contributed by atoms with van der Waals surface area (Å²) in [4.78, 5) is 36.1. The van der Waals surface area contributed by atoms with Crippen LogP contribution in [0.1, 0.15) is 37.8 Å². The van der Waals surface area contributed by atoms with Crippen molar-refractivity contribution in [1.82, 2.24) is 0 Å². The fourth-order valence-corrected chi connectivity index (χ4v) is 2.26. The predicted octanol–water partition coefficient (Wildman–Crippen LogP) is 2.98. The standard InChI is InChI=1S/C21H24O7/c1-5-10-16(28-21(24)25-4)14-13-15-11-8-9-12-17(15)18(19(22)26-6-2)20(23)27-7-3/h5,8-12,16,18H,6-7H2,1-4H3/b10-5+. The largest absolute Gasteiger partial charge is 0.509 e. The predicted molar refractivity (Wildman–Crippen MR) is 101 cm³/mol. The minimum atomic E-state index is -1.26. The van der Waals surface area contributed by atoms with Crippen molar-refractivity contribution in [2.75, 3.05) is 20.3 Å². The second-order valence-corrected chi connectivity index (χ2v) is 5.31. The molecule has 0 aliphatic rings. The van der Waals surface area contributed by atoms with Gasteiger partial charge in [-0.05, 0) is 44.4 Å². The topological polar surface area (TPSA) is 88.1 Å². The van der Waals surface area contributed by atoms with Crippen LogP contribution in [0.3, 0.4) is 0 Å². The van der Waals surface area contributed by atoms with Crippen molar-refractivity contribution in [3.05, 3.63) is 47.5 Å². The van der Waals surface area contributed by atoms with Crippen molar-refractivity contribution < 1.29 is 33.3 Å². The normalized spacial score (nSPS) is 11.3. The molecule has 1 aromatic rings. The number of ether oxygens (including phenoxy) is 4. The first-order valence-electron chi connectivity index (χ1n) is 8.79. The number of hydrogen-bond donors (Lipinski definition) is 0. The number of allylic oxidation sites excluding steroid dienone is 1. The second kappa shape index (κ2) is 12.2. The van der Waals surface area contributed by atoms with E-state index in [4.69, 9.17) is 14.2 Å². The fourth-order valence-electron chi connectivity index (χ4n) is 2.26. The molecule has 0 aromatic heterocycles. The molecule has 7 heteroatoms. The number of carbonyl (C=O) groups is 3. The summed E-state index contributed by atoms with van der Waals surface area (Å²) < 4.78 is 19.6. The molecule has 7 nitrogen and oxygen atoms in total. The van der Waals surface area contributed by atoms with Gasteiger partial charge in [0.1, 0.15) is 0 Å². The van der Waals surface area contributed by atoms with E-state index in [0.717, 1.165) is 0 Å². The van der Waals surface area contributed by atoms with Gasteiger partial charge in [-0.1, -0.05) is 30.2 Å². The Hall–Kier alpha value is -3.27. The second-order valence-electron chi connectivity index (χ2n) is 5.31. The van der Waals surface area contributed by atoms with Crippen LogP contribution in [0.4, 0.5) is 4.79 Å². The van der Waals surface area contributed by atoms with Gasteiger partial charge in [0.05, 0.1) is 20.3 Å². The van der Waals surface area contributed by atoms with Crippen molar-refractivity contribution in [2.24, 2.45) is 0 Å². The van der Waals surface area contributed by atoms with Crippen LogP contribution in [0.25, 0.3) is 0 Å². The molecule has 0 fully saturated rings. The first-order valence-corrected chi connectivity index (χ1v) is 8.79. The Labute approximate surface area is 164 Å². The summed E-state index contributed by atoms with van der Waals surface area (Å²) in [5.41, 5.74) is 0.765. The van der Waals surface area contributed by atoms with E-state index in [9.17, 15) is 14.4 Å². The van der Waals surface area contributed by atoms with Gasteiger partial charge >= 0.3 is 18.1 Å². The molecule has 1 aromatic carbocycles. The third-order valence-electron chi connectivity index (χ3n) is 3.42. The highest BCUT2D eigenvalue weighted by atomic mass is 16.7. The highest BCUT2D eigenvalue weighted by Gasteiger charge is 2.33. The van der Waals surface area contributed by atoms with Crippen molar-refractivity contribution >= 4 is 18.1 Å². The first kappa shape index (κ1) is 22.8. The molecule has 0 radical (unpaired) electrons. The van der Waals surface area contributed by atoms with E-state index in [2.05, 4.69) is 16.6 Å². The van der Waals surface area contributed by atoms with Crippen LogP contribution < -0.4 is 0 Å². The Morgan fingerprint density at radius 1 is 1.07 bits per heavy atom. The Balaban J connectivity index is 3.31. The Morgan fingerprint density at radius 3 is 2.21 bits per heavy atom. The van der Waals surface area contributed by atoms with Crippen molar-refractivity contribution in [3.8, 4) is 11.8 Å². The van der Waals surface area contributed by atoms with E-state index >= 15 is 0 Å². The molecule has 150 valence electrons. The summed E-state index contributed by atoms with van der Waals surface area (Å²) in [6, 6.07) is 6.65. The SMILES string of the molecule is C/C=C/C(C#Cc1ccccc1C(C(=O)OCC)C(=O)OCC)OC(=O)OC. The molecule has 0 amide bonds. The molecular weight excluding hydrogens is 364 g/mol. The summed E-state index contributed by atoms with van der Waals surface area (Å²) in [7, 11) is 1.20. The molecular formula is C21H24O7. The molecule has 28 heavy (non-hydrogen) atoms. The molecule has 1 unspecified atom stereocenters. The zero-order valence-corrected chi connectivity index (χ0v) is 16.4. The lowest BCUT2D eigenvalue weighted by Crippen LogP contribution is -2.27. The average Bonchev–Trinajstić information content (AvgIpc) is 2.67. The van der Waals surface area contributed by atoms with Crippen LogP contribution in [-0.4, -0.2) is 44.5 Å². The van der Waals surface area contributed by atoms with Crippen LogP contribution in [0.2, 0.25) is 0 Å². The first-order chi connectivity index (χ1) is 13.5. The van der Waals surface area contributed by atoms with E-state index in [-0.39, 0.29) is 13.2 Å². The smallest absolute Gasteiger partial charge is 0.465 e. The highest BCUT2D eigenvalue weighted by Crippen LogP contribution is 2.23. The van der Waals surface area contributed by atoms with Gasteiger partial charge in [0, 0.05) is 5.56 Å². The molecule has 0 aliphatic heterocycles. The molecule has 1 atom stereocenters. The maximum absolute atomic E-state index is 12.4. The third-order valence-corrected chi connectivity index (χ3v) is 3.42. The average molecular weight is 388 g/mol. The maximum Gasteiger partial charge on any atom is 0.509 e. The van der Waals surface area contributed by atoms with Gasteiger partial charge in [0.15, 0.2) is 12.0 Å². The van der Waals surface area contributed by atoms with Crippen molar-refractivity contribution in [1.29, 1.82) is 0 Å². The van der Waals surface area contributed by atoms with Gasteiger partial charge in [-0.2, -0.15) is 0 Å². The maximum atomic E-state index is 12.4. The summed E-state index contributed by atoms with van der Waals surface area (Å²) in [6.07, 6.45) is 1.52. The van der Waals surface area contributed by atoms with E-state index in [1.165, 1.54) is 7.11 Å². The lowest BCUT2D eigenvalue weighted by Gasteiger charge is -2.16. The zero-order valence-electron chi connectivity index (χ0n) is 16.4. The fraction of sp³-hybridized carbons (Fsp3) is 0.381. The number of esters is 2. The minimum absolute atomic E-state index is 0.124. The van der Waals surface area contributed by atoms with Gasteiger partial charge in [0.25, 0.3) is 0 Å². The molecule has 0 saturated carbocycles. The number of hydrogen-bond acceptors (Lipinski definition) is 7. The number of methoxy groups -OCH3 is 1. The number of rotatable bonds is 7. The molecule has 0 spiro atoms. The van der Waals surface area contributed by atoms with Crippen LogP contribution in [0.15, 0.2) is 36.4 Å². The van der Waals surface area contributed by atoms with Crippen LogP contribution >= 0.6 is 0 Å². The van der Waals surface area contributed by atoms with Crippen LogP contribution in [-0.2, 0) is 28.5 Å². The molecule has 1 rings (SSSR count). The Morgan fingerprint density at radius 2 is 1.68 bits per heavy atom. The lowest BCUT2D eigenvalue weighted by atomic mass is 9.94. The summed E-state index contributed by atoms with van der Waals surface area (Å²) in [6.45, 7) is 5.30. The van der Waals surface area contributed by atoms with E-state index in [0.29, 0.717) is 11.1 Å². The van der Waals surface area contributed by atoms with E-state index in [1.807, 2.05) is 0 Å². The van der Waals surface area contributed by atoms with Gasteiger partial charge in [0.2, 0.25) is 0 Å². The minimum Gasteiger partial charge on any atom is -0.465 e. The zero-order chi connectivity index (χ0) is 20.9. The molecule has 0 heterocycles. The molecule has 0 bridgehead atoms. The highest BCUT2D eigenvalue weighted by molar-refractivity contribution is 6.01. The Bertz CT molecular complexity index is 752. The summed E-state index contributed by atoms with van der Waals surface area (Å²) in [5.74, 6) is 2.94. The molecule has 0 aliphatic carbocycles. The number of benzene rings is 1. The molecule has 0 N–H and O–H groups in total. The monoisotopic (exact) mass is 388 g/mol. The van der Waals surface area contributed by atoms with E-state index < -0.39 is 30.1 Å². The summed E-state index contributed by atoms with van der Waals surface area (Å²) >= 11 is 0. The van der Waals surface area contributed by atoms with Crippen molar-refractivity contribution in [2.45, 2.75) is 32.8 Å². The van der Waals surface area contributed by atoms with Gasteiger partial charge in [-0.25, -0.2) is 4.79 Å². The lowest BCUT2D eigenvalue weighted by molar-refractivity contribution is -0.156. The quantitative estimate of drug-likeness (QED) is 0.233. The van der Waals surface area contributed by atoms with Crippen molar-refractivity contribution in [3.63, 3.8) is 0 Å². The van der Waals surface area contributed by atoms with Gasteiger partial charge < -0.3 is 18.9 Å². The van der Waals surface area contributed by atoms with Crippen LogP contribution in [0.5, 0.6) is 0 Å². The third kappa shape index (κ3) is 6.80. The number of carbonyl (C=O) groups excluding carboxylic acids is 3. The summed E-state index contributed by atoms with van der Waals surface area (Å²) in [5, 5.41) is 0. The van der Waals surface area contributed by atoms with Gasteiger partial charge in [-0.3, -0.25) is 9.59 Å². The van der Waals surface area contributed by atoms with Gasteiger partial charge in [-0.15, -0.1) is 0 Å². The molecule has 0 saturated heterocycles. The van der Waals surface area contributed by atoms with Crippen LogP contribution in [0, 0.1) is 11.8 Å². The van der Waals surface area contributed by atoms with E-state index in [1.54, 1.807) is 57.2 Å². The Kier molecular flexibility index (Phi) is 9.90.